The van der Waals surface area contributed by atoms with Crippen molar-refractivity contribution in [2.75, 3.05) is 0 Å². The van der Waals surface area contributed by atoms with Gasteiger partial charge >= 0.3 is 0 Å². The first kappa shape index (κ1) is 13.9. The Bertz CT molecular complexity index is 648. The van der Waals surface area contributed by atoms with E-state index in [0.29, 0.717) is 6.04 Å². The first-order valence-electron chi connectivity index (χ1n) is 7.55. The van der Waals surface area contributed by atoms with Gasteiger partial charge in [0.05, 0.1) is 11.6 Å². The topological polar surface area (TPSA) is 35.8 Å². The molecule has 0 amide bonds. The highest BCUT2D eigenvalue weighted by Gasteiger charge is 2.31. The highest BCUT2D eigenvalue weighted by atomic mass is 14.9. The number of nitriles is 1. The lowest BCUT2D eigenvalue weighted by molar-refractivity contribution is 0.480. The highest BCUT2D eigenvalue weighted by Crippen LogP contribution is 2.41. The number of benzene rings is 2. The smallest absolute Gasteiger partial charge is 0.0991 e. The largest absolute Gasteiger partial charge is 0.306 e. The van der Waals surface area contributed by atoms with Gasteiger partial charge in [-0.05, 0) is 48.9 Å². The summed E-state index contributed by atoms with van der Waals surface area (Å²) in [4.78, 5) is 0. The Morgan fingerprint density at radius 1 is 1.19 bits per heavy atom. The van der Waals surface area contributed by atoms with E-state index in [4.69, 9.17) is 5.26 Å². The molecule has 0 bridgehead atoms. The average molecular weight is 276 g/mol. The van der Waals surface area contributed by atoms with E-state index in [0.717, 1.165) is 18.0 Å². The van der Waals surface area contributed by atoms with Crippen LogP contribution in [0.15, 0.2) is 48.5 Å². The van der Waals surface area contributed by atoms with Crippen LogP contribution >= 0.6 is 0 Å². The Morgan fingerprint density at radius 3 is 2.62 bits per heavy atom. The number of aryl methyl sites for hydroxylation is 1. The molecule has 1 N–H and O–H groups in total. The fourth-order valence-electron chi connectivity index (χ4n) is 2.74. The molecule has 2 aromatic carbocycles. The van der Waals surface area contributed by atoms with Gasteiger partial charge in [-0.25, -0.2) is 0 Å². The van der Waals surface area contributed by atoms with Crippen LogP contribution in [0.1, 0.15) is 41.1 Å². The summed E-state index contributed by atoms with van der Waals surface area (Å²) in [5.74, 6) is 0.756. The van der Waals surface area contributed by atoms with Gasteiger partial charge < -0.3 is 5.32 Å². The second kappa shape index (κ2) is 6.11. The maximum Gasteiger partial charge on any atom is 0.0991 e. The second-order valence-electron chi connectivity index (χ2n) is 5.92. The van der Waals surface area contributed by atoms with E-state index in [9.17, 15) is 0 Å². The molecule has 1 atom stereocenters. The minimum absolute atomic E-state index is 0.427. The molecule has 2 heteroatoms. The van der Waals surface area contributed by atoms with Crippen LogP contribution in [0.2, 0.25) is 0 Å². The van der Waals surface area contributed by atoms with Crippen LogP contribution in [0.3, 0.4) is 0 Å². The average Bonchev–Trinajstić information content (AvgIpc) is 3.34. The molecule has 2 nitrogen and oxygen atoms in total. The van der Waals surface area contributed by atoms with E-state index in [2.05, 4.69) is 48.6 Å². The van der Waals surface area contributed by atoms with E-state index in [-0.39, 0.29) is 0 Å². The molecule has 3 rings (SSSR count). The molecule has 1 saturated carbocycles. The molecule has 0 aliphatic heterocycles. The molecule has 0 heterocycles. The van der Waals surface area contributed by atoms with Crippen molar-refractivity contribution in [2.24, 2.45) is 5.92 Å². The molecule has 1 aliphatic carbocycles. The first-order chi connectivity index (χ1) is 10.3. The van der Waals surface area contributed by atoms with Gasteiger partial charge in [-0.2, -0.15) is 5.26 Å². The number of nitrogens with zero attached hydrogens (tertiary/aromatic N) is 1. The normalized spacial score (nSPS) is 15.4. The molecule has 0 saturated heterocycles. The predicted molar refractivity (Wildman–Crippen MR) is 84.6 cm³/mol. The van der Waals surface area contributed by atoms with Crippen LogP contribution in [-0.4, -0.2) is 0 Å². The lowest BCUT2D eigenvalue weighted by atomic mass is 10.0. The van der Waals surface area contributed by atoms with Gasteiger partial charge in [-0.3, -0.25) is 0 Å². The van der Waals surface area contributed by atoms with Gasteiger partial charge in [0.1, 0.15) is 0 Å². The van der Waals surface area contributed by atoms with Gasteiger partial charge in [0.15, 0.2) is 0 Å². The van der Waals surface area contributed by atoms with E-state index in [1.54, 1.807) is 0 Å². The maximum atomic E-state index is 8.97. The quantitative estimate of drug-likeness (QED) is 0.892. The number of hydrogen-bond acceptors (Lipinski definition) is 2. The zero-order chi connectivity index (χ0) is 14.7. The fourth-order valence-corrected chi connectivity index (χ4v) is 2.74. The molecular formula is C19H20N2. The lowest BCUT2D eigenvalue weighted by Crippen LogP contribution is -2.22. The molecule has 21 heavy (non-hydrogen) atoms. The minimum atomic E-state index is 0.427. The summed E-state index contributed by atoms with van der Waals surface area (Å²) < 4.78 is 0. The molecular weight excluding hydrogens is 256 g/mol. The van der Waals surface area contributed by atoms with Crippen molar-refractivity contribution < 1.29 is 0 Å². The van der Waals surface area contributed by atoms with Crippen molar-refractivity contribution in [1.82, 2.24) is 5.32 Å². The molecule has 0 radical (unpaired) electrons. The Morgan fingerprint density at radius 2 is 1.95 bits per heavy atom. The van der Waals surface area contributed by atoms with Crippen LogP contribution in [0, 0.1) is 24.2 Å². The highest BCUT2D eigenvalue weighted by molar-refractivity contribution is 5.33. The Hall–Kier alpha value is -2.11. The summed E-state index contributed by atoms with van der Waals surface area (Å²) in [6.07, 6.45) is 2.62. The van der Waals surface area contributed by atoms with Crippen LogP contribution in [0.4, 0.5) is 0 Å². The van der Waals surface area contributed by atoms with Crippen molar-refractivity contribution in [3.05, 3.63) is 70.8 Å². The van der Waals surface area contributed by atoms with Gasteiger partial charge in [-0.15, -0.1) is 0 Å². The van der Waals surface area contributed by atoms with Gasteiger partial charge in [-0.1, -0.05) is 42.0 Å². The second-order valence-corrected chi connectivity index (χ2v) is 5.92. The van der Waals surface area contributed by atoms with E-state index in [1.165, 1.54) is 29.5 Å². The van der Waals surface area contributed by atoms with Gasteiger partial charge in [0.2, 0.25) is 0 Å². The third-order valence-electron chi connectivity index (χ3n) is 4.11. The zero-order valence-electron chi connectivity index (χ0n) is 12.3. The standard InChI is InChI=1S/C19H20N2/c1-14-5-7-17(8-6-14)19(18-9-10-18)21-13-16-4-2-3-15(11-16)12-20/h2-8,11,18-19,21H,9-10,13H2,1H3. The van der Waals surface area contributed by atoms with E-state index in [1.807, 2.05) is 18.2 Å². The van der Waals surface area contributed by atoms with Crippen LogP contribution < -0.4 is 5.32 Å². The fraction of sp³-hybridized carbons (Fsp3) is 0.316. The summed E-state index contributed by atoms with van der Waals surface area (Å²) in [6.45, 7) is 2.93. The summed E-state index contributed by atoms with van der Waals surface area (Å²) in [6, 6.07) is 19.3. The lowest BCUT2D eigenvalue weighted by Gasteiger charge is -2.19. The van der Waals surface area contributed by atoms with Crippen LogP contribution in [0.5, 0.6) is 0 Å². The van der Waals surface area contributed by atoms with Crippen molar-refractivity contribution in [1.29, 1.82) is 5.26 Å². The number of hydrogen-bond donors (Lipinski definition) is 1. The molecule has 0 spiro atoms. The van der Waals surface area contributed by atoms with Gasteiger partial charge in [0, 0.05) is 12.6 Å². The van der Waals surface area contributed by atoms with Crippen molar-refractivity contribution in [3.8, 4) is 6.07 Å². The summed E-state index contributed by atoms with van der Waals surface area (Å²) in [5, 5.41) is 12.6. The molecule has 1 aliphatic rings. The van der Waals surface area contributed by atoms with Crippen molar-refractivity contribution in [3.63, 3.8) is 0 Å². The molecule has 1 unspecified atom stereocenters. The van der Waals surface area contributed by atoms with Gasteiger partial charge in [0.25, 0.3) is 0 Å². The van der Waals surface area contributed by atoms with E-state index < -0.39 is 0 Å². The third kappa shape index (κ3) is 3.51. The van der Waals surface area contributed by atoms with Crippen molar-refractivity contribution in [2.45, 2.75) is 32.4 Å². The third-order valence-corrected chi connectivity index (χ3v) is 4.11. The summed E-state index contributed by atoms with van der Waals surface area (Å²) in [7, 11) is 0. The Balaban J connectivity index is 1.71. The summed E-state index contributed by atoms with van der Waals surface area (Å²) >= 11 is 0. The van der Waals surface area contributed by atoms with Crippen LogP contribution in [0.25, 0.3) is 0 Å². The molecule has 0 aromatic heterocycles. The monoisotopic (exact) mass is 276 g/mol. The molecule has 1 fully saturated rings. The molecule has 2 aromatic rings. The maximum absolute atomic E-state index is 8.97. The number of rotatable bonds is 5. The predicted octanol–water partition coefficient (Wildman–Crippen LogP) is 4.11. The summed E-state index contributed by atoms with van der Waals surface area (Å²) in [5.41, 5.74) is 4.58. The SMILES string of the molecule is Cc1ccc(C(NCc2cccc(C#N)c2)C2CC2)cc1. The van der Waals surface area contributed by atoms with Crippen molar-refractivity contribution >= 4 is 0 Å². The van der Waals surface area contributed by atoms with E-state index >= 15 is 0 Å². The van der Waals surface area contributed by atoms with Crippen LogP contribution in [-0.2, 0) is 6.54 Å². The first-order valence-corrected chi connectivity index (χ1v) is 7.55. The minimum Gasteiger partial charge on any atom is -0.306 e. The Kier molecular flexibility index (Phi) is 4.03. The molecule has 106 valence electrons. The Labute approximate surface area is 126 Å². The number of nitrogens with one attached hydrogen (secondary N) is 1. The zero-order valence-corrected chi connectivity index (χ0v) is 12.3.